The first-order chi connectivity index (χ1) is 12.7. The molecule has 13 nitrogen and oxygen atoms in total. The van der Waals surface area contributed by atoms with Crippen molar-refractivity contribution < 1.29 is 29.0 Å². The Morgan fingerprint density at radius 3 is 2.85 bits per heavy atom. The van der Waals surface area contributed by atoms with Gasteiger partial charge in [0.2, 0.25) is 5.91 Å². The summed E-state index contributed by atoms with van der Waals surface area (Å²) in [4.78, 5) is 48.3. The Bertz CT molecular complexity index is 840. The highest BCUT2D eigenvalue weighted by atomic mass is 32.2. The first kappa shape index (κ1) is 18.6. The predicted octanol–water partition coefficient (Wildman–Crippen LogP) is -2.03. The zero-order valence-corrected chi connectivity index (χ0v) is 14.8. The summed E-state index contributed by atoms with van der Waals surface area (Å²) < 4.78 is 4.65. The molecule has 1 saturated heterocycles. The van der Waals surface area contributed by atoms with Crippen molar-refractivity contribution in [2.24, 2.45) is 5.73 Å². The number of aliphatic carboxylic acids is 1. The molecular weight excluding hydrogens is 382 g/mol. The number of aromatic nitrogens is 4. The summed E-state index contributed by atoms with van der Waals surface area (Å²) in [7, 11) is 0. The summed E-state index contributed by atoms with van der Waals surface area (Å²) in [5.74, 6) is -2.07. The monoisotopic (exact) mass is 397 g/mol. The number of fused-ring (bicyclic) bond motifs is 1. The Labute approximate surface area is 155 Å². The number of nitrogens with zero attached hydrogens (tertiary/aromatic N) is 4. The summed E-state index contributed by atoms with van der Waals surface area (Å²) in [5, 5.41) is 24.4. The third-order valence-electron chi connectivity index (χ3n) is 4.08. The summed E-state index contributed by atoms with van der Waals surface area (Å²) in [5.41, 5.74) is 3.59. The highest BCUT2D eigenvalue weighted by molar-refractivity contribution is 8.00. The van der Waals surface area contributed by atoms with Crippen LogP contribution in [0.15, 0.2) is 11.3 Å². The van der Waals surface area contributed by atoms with Crippen molar-refractivity contribution in [1.82, 2.24) is 30.8 Å². The number of aromatic amines is 1. The summed E-state index contributed by atoms with van der Waals surface area (Å²) in [6.45, 7) is 1.18. The highest BCUT2D eigenvalue weighted by Gasteiger charge is 2.62. The van der Waals surface area contributed by atoms with Crippen molar-refractivity contribution in [3.05, 3.63) is 17.1 Å². The first-order valence-electron chi connectivity index (χ1n) is 7.60. The topological polar surface area (TPSA) is 193 Å². The van der Waals surface area contributed by atoms with Crippen molar-refractivity contribution in [1.29, 1.82) is 0 Å². The molecule has 14 heteroatoms. The van der Waals surface area contributed by atoms with Crippen molar-refractivity contribution in [3.63, 3.8) is 0 Å². The normalized spacial score (nSPS) is 24.1. The molecule has 3 heterocycles. The van der Waals surface area contributed by atoms with Gasteiger partial charge in [-0.3, -0.25) is 14.5 Å². The fraction of sp³-hybridized carbons (Fsp3) is 0.462. The Morgan fingerprint density at radius 1 is 1.52 bits per heavy atom. The molecule has 1 aromatic rings. The van der Waals surface area contributed by atoms with Gasteiger partial charge in [0.15, 0.2) is 5.82 Å². The van der Waals surface area contributed by atoms with Crippen LogP contribution in [0.3, 0.4) is 0 Å². The van der Waals surface area contributed by atoms with Gasteiger partial charge >= 0.3 is 12.1 Å². The fourth-order valence-corrected chi connectivity index (χ4v) is 4.33. The van der Waals surface area contributed by atoms with Gasteiger partial charge in [-0.2, -0.15) is 5.21 Å². The number of hydrogen-bond donors (Lipinski definition) is 4. The lowest BCUT2D eigenvalue weighted by Crippen LogP contribution is -2.78. The molecule has 0 spiro atoms. The zero-order valence-electron chi connectivity index (χ0n) is 14.0. The minimum absolute atomic E-state index is 0.160. The van der Waals surface area contributed by atoms with E-state index in [1.54, 1.807) is 0 Å². The van der Waals surface area contributed by atoms with Gasteiger partial charge in [-0.1, -0.05) is 5.21 Å². The minimum Gasteiger partial charge on any atom is -0.477 e. The molecule has 5 N–H and O–H groups in total. The Kier molecular flexibility index (Phi) is 4.73. The number of primary amides is 1. The van der Waals surface area contributed by atoms with Crippen LogP contribution in [-0.2, 0) is 25.5 Å². The van der Waals surface area contributed by atoms with Crippen LogP contribution in [0.2, 0.25) is 0 Å². The van der Waals surface area contributed by atoms with Crippen molar-refractivity contribution in [2.75, 3.05) is 12.4 Å². The van der Waals surface area contributed by atoms with E-state index in [4.69, 9.17) is 5.73 Å². The molecule has 3 amide bonds. The Hall–Kier alpha value is -3.16. The molecule has 27 heavy (non-hydrogen) atoms. The van der Waals surface area contributed by atoms with Crippen LogP contribution in [0, 0.1) is 0 Å². The zero-order chi connectivity index (χ0) is 19.8. The Balaban J connectivity index is 1.76. The summed E-state index contributed by atoms with van der Waals surface area (Å²) in [6.07, 6.45) is -1.23. The van der Waals surface area contributed by atoms with Crippen LogP contribution in [0.25, 0.3) is 0 Å². The number of carbonyl (C=O) groups excluding carboxylic acids is 3. The average molecular weight is 397 g/mol. The van der Waals surface area contributed by atoms with Crippen LogP contribution in [0.5, 0.6) is 0 Å². The van der Waals surface area contributed by atoms with E-state index in [0.717, 1.165) is 4.90 Å². The van der Waals surface area contributed by atoms with Crippen LogP contribution in [0.4, 0.5) is 4.79 Å². The SMILES string of the molecule is CC1(NC(=O)Cc2nn[nH]n2)C(=O)N2C(C(=O)O)=C(COC(N)=O)CS[C@H]21. The van der Waals surface area contributed by atoms with Crippen molar-refractivity contribution >= 4 is 35.6 Å². The third-order valence-corrected chi connectivity index (χ3v) is 5.59. The third kappa shape index (κ3) is 3.30. The molecule has 2 aliphatic rings. The van der Waals surface area contributed by atoms with Crippen molar-refractivity contribution in [2.45, 2.75) is 24.3 Å². The number of nitrogens with one attached hydrogen (secondary N) is 2. The second kappa shape index (κ2) is 6.86. The summed E-state index contributed by atoms with van der Waals surface area (Å²) in [6, 6.07) is 0. The second-order valence-electron chi connectivity index (χ2n) is 5.96. The number of carboxylic acid groups (broad SMARTS) is 1. The van der Waals surface area contributed by atoms with E-state index >= 15 is 0 Å². The molecule has 144 valence electrons. The van der Waals surface area contributed by atoms with E-state index in [9.17, 15) is 24.3 Å². The first-order valence-corrected chi connectivity index (χ1v) is 8.65. The molecule has 1 unspecified atom stereocenters. The van der Waals surface area contributed by atoms with Gasteiger partial charge in [0.05, 0.1) is 6.42 Å². The van der Waals surface area contributed by atoms with Gasteiger partial charge in [-0.15, -0.1) is 22.0 Å². The molecule has 0 aliphatic carbocycles. The van der Waals surface area contributed by atoms with E-state index in [1.165, 1.54) is 18.7 Å². The van der Waals surface area contributed by atoms with Crippen molar-refractivity contribution in [3.8, 4) is 0 Å². The van der Waals surface area contributed by atoms with E-state index in [1.807, 2.05) is 0 Å². The number of H-pyrrole nitrogens is 1. The number of ether oxygens (including phenoxy) is 1. The Morgan fingerprint density at radius 2 is 2.26 bits per heavy atom. The number of amides is 3. The lowest BCUT2D eigenvalue weighted by Gasteiger charge is -2.55. The maximum Gasteiger partial charge on any atom is 0.404 e. The average Bonchev–Trinajstić information content (AvgIpc) is 3.11. The van der Waals surface area contributed by atoms with E-state index in [-0.39, 0.29) is 35.9 Å². The number of thioether (sulfide) groups is 1. The number of rotatable bonds is 6. The minimum atomic E-state index is -1.34. The molecule has 0 saturated carbocycles. The predicted molar refractivity (Wildman–Crippen MR) is 87.7 cm³/mol. The van der Waals surface area contributed by atoms with E-state index in [2.05, 4.69) is 30.7 Å². The largest absolute Gasteiger partial charge is 0.477 e. The van der Waals surface area contributed by atoms with E-state index < -0.39 is 34.8 Å². The van der Waals surface area contributed by atoms with Gasteiger partial charge in [0.1, 0.15) is 23.2 Å². The molecule has 2 aliphatic heterocycles. The maximum atomic E-state index is 12.7. The lowest BCUT2D eigenvalue weighted by molar-refractivity contribution is -0.158. The van der Waals surface area contributed by atoms with Crippen LogP contribution < -0.4 is 11.1 Å². The van der Waals surface area contributed by atoms with Gasteiger partial charge in [0, 0.05) is 11.3 Å². The van der Waals surface area contributed by atoms with Gasteiger partial charge in [-0.25, -0.2) is 9.59 Å². The highest BCUT2D eigenvalue weighted by Crippen LogP contribution is 2.46. The van der Waals surface area contributed by atoms with Crippen LogP contribution in [-0.4, -0.2) is 77.8 Å². The fourth-order valence-electron chi connectivity index (χ4n) is 2.91. The van der Waals surface area contributed by atoms with E-state index in [0.29, 0.717) is 0 Å². The van der Waals surface area contributed by atoms with Gasteiger partial charge < -0.3 is 20.9 Å². The summed E-state index contributed by atoms with van der Waals surface area (Å²) >= 11 is 1.24. The number of β-lactam (4-membered cyclic amide) rings is 1. The lowest BCUT2D eigenvalue weighted by atomic mass is 9.88. The quantitative estimate of drug-likeness (QED) is 0.389. The molecular formula is C13H15N7O6S. The van der Waals surface area contributed by atoms with Gasteiger partial charge in [0.25, 0.3) is 5.91 Å². The molecule has 0 bridgehead atoms. The van der Waals surface area contributed by atoms with Gasteiger partial charge in [-0.05, 0) is 6.92 Å². The number of hydrogen-bond acceptors (Lipinski definition) is 9. The second-order valence-corrected chi connectivity index (χ2v) is 7.03. The smallest absolute Gasteiger partial charge is 0.404 e. The number of nitrogens with two attached hydrogens (primary N) is 1. The molecule has 1 aromatic heterocycles. The molecule has 0 aromatic carbocycles. The number of tetrazole rings is 1. The molecule has 2 atom stereocenters. The number of carbonyl (C=O) groups is 4. The maximum absolute atomic E-state index is 12.7. The molecule has 0 radical (unpaired) electrons. The van der Waals surface area contributed by atoms with Crippen LogP contribution >= 0.6 is 11.8 Å². The standard InChI is InChI=1S/C13H15N7O6S/c1-13(15-7(21)2-6-16-18-19-17-6)10(24)20-8(9(22)23)5(3-26-12(14)25)4-27-11(13)20/h11H,2-4H2,1H3,(H2,14,25)(H,15,21)(H,22,23)(H,16,17,18,19)/t11-,13?/m0/s1. The molecule has 3 rings (SSSR count). The van der Waals surface area contributed by atoms with Crippen LogP contribution in [0.1, 0.15) is 12.7 Å². The number of carboxylic acids is 1. The molecule has 1 fully saturated rings.